The van der Waals surface area contributed by atoms with Crippen LogP contribution in [0.4, 0.5) is 0 Å². The summed E-state index contributed by atoms with van der Waals surface area (Å²) in [5, 5.41) is 0. The molecule has 0 aromatic heterocycles. The van der Waals surface area contributed by atoms with Gasteiger partial charge in [-0.05, 0) is 17.3 Å². The van der Waals surface area contributed by atoms with Crippen LogP contribution in [0.25, 0.3) is 0 Å². The lowest BCUT2D eigenvalue weighted by molar-refractivity contribution is -0.172. The van der Waals surface area contributed by atoms with Crippen LogP contribution < -0.4 is 0 Å². The van der Waals surface area contributed by atoms with Crippen LogP contribution in [0, 0.1) is 10.8 Å². The Morgan fingerprint density at radius 1 is 0.682 bits per heavy atom. The van der Waals surface area contributed by atoms with Crippen molar-refractivity contribution in [1.29, 1.82) is 0 Å². The quantitative estimate of drug-likeness (QED) is 0.575. The van der Waals surface area contributed by atoms with Gasteiger partial charge in [-0.3, -0.25) is 19.2 Å². The normalized spacial score (nSPS) is 22.3. The summed E-state index contributed by atoms with van der Waals surface area (Å²) >= 11 is 0. The molecule has 0 aromatic carbocycles. The van der Waals surface area contributed by atoms with E-state index in [0.717, 1.165) is 0 Å². The van der Waals surface area contributed by atoms with Crippen LogP contribution >= 0.6 is 0 Å². The highest BCUT2D eigenvalue weighted by Crippen LogP contribution is 2.46. The van der Waals surface area contributed by atoms with Crippen molar-refractivity contribution < 1.29 is 28.7 Å². The summed E-state index contributed by atoms with van der Waals surface area (Å²) < 4.78 is 9.02. The van der Waals surface area contributed by atoms with E-state index in [9.17, 15) is 19.2 Å². The summed E-state index contributed by atoms with van der Waals surface area (Å²) in [5.41, 5.74) is -1.14. The molecule has 2 aliphatic rings. The monoisotopic (exact) mass is 316 g/mol. The zero-order valence-electron chi connectivity index (χ0n) is 11.0. The molecule has 0 aromatic rings. The molecule has 6 nitrogen and oxygen atoms in total. The SMILES string of the molecule is C.C.C.CC1(CC2(C)CC(=O)OC(=O)C2)CC(=O)OC(=O)C1. The van der Waals surface area contributed by atoms with E-state index in [1.165, 1.54) is 0 Å². The van der Waals surface area contributed by atoms with E-state index in [0.29, 0.717) is 6.42 Å². The summed E-state index contributed by atoms with van der Waals surface area (Å²) in [4.78, 5) is 45.4. The summed E-state index contributed by atoms with van der Waals surface area (Å²) in [6.07, 6.45) is 0.923. The summed E-state index contributed by atoms with van der Waals surface area (Å²) in [6, 6.07) is 0. The van der Waals surface area contributed by atoms with E-state index in [4.69, 9.17) is 0 Å². The molecule has 128 valence electrons. The Bertz CT molecular complexity index is 391. The molecule has 0 radical (unpaired) electrons. The van der Waals surface area contributed by atoms with Crippen molar-refractivity contribution in [2.75, 3.05) is 0 Å². The fraction of sp³-hybridized carbons (Fsp3) is 0.750. The van der Waals surface area contributed by atoms with Crippen molar-refractivity contribution >= 4 is 23.9 Å². The van der Waals surface area contributed by atoms with E-state index in [2.05, 4.69) is 9.47 Å². The molecule has 0 aliphatic carbocycles. The van der Waals surface area contributed by atoms with E-state index in [1.807, 2.05) is 0 Å². The van der Waals surface area contributed by atoms with Gasteiger partial charge in [0.05, 0.1) is 25.7 Å². The fourth-order valence-electron chi connectivity index (χ4n) is 3.20. The average Bonchev–Trinajstić information content (AvgIpc) is 2.08. The number of carbonyl (C=O) groups excluding carboxylic acids is 4. The van der Waals surface area contributed by atoms with Gasteiger partial charge in [0.25, 0.3) is 0 Å². The van der Waals surface area contributed by atoms with Gasteiger partial charge < -0.3 is 9.47 Å². The lowest BCUT2D eigenvalue weighted by atomic mass is 9.66. The minimum Gasteiger partial charge on any atom is -0.393 e. The molecule has 0 amide bonds. The molecule has 0 bridgehead atoms. The molecular weight excluding hydrogens is 288 g/mol. The van der Waals surface area contributed by atoms with Crippen molar-refractivity contribution in [3.8, 4) is 0 Å². The molecule has 2 aliphatic heterocycles. The maximum atomic E-state index is 11.4. The molecule has 0 atom stereocenters. The smallest absolute Gasteiger partial charge is 0.314 e. The average molecular weight is 316 g/mol. The van der Waals surface area contributed by atoms with Gasteiger partial charge in [-0.1, -0.05) is 36.1 Å². The third-order valence-electron chi connectivity index (χ3n) is 3.59. The minimum absolute atomic E-state index is 0. The van der Waals surface area contributed by atoms with Gasteiger partial charge in [0.1, 0.15) is 0 Å². The number of esters is 4. The number of ether oxygens (including phenoxy) is 2. The third-order valence-corrected chi connectivity index (χ3v) is 3.59. The number of hydrogen-bond donors (Lipinski definition) is 0. The number of hydrogen-bond acceptors (Lipinski definition) is 6. The highest BCUT2D eigenvalue weighted by molar-refractivity contribution is 5.90. The van der Waals surface area contributed by atoms with Gasteiger partial charge in [-0.2, -0.15) is 0 Å². The number of rotatable bonds is 2. The second-order valence-corrected chi connectivity index (χ2v) is 6.20. The van der Waals surface area contributed by atoms with E-state index < -0.39 is 34.7 Å². The lowest BCUT2D eigenvalue weighted by Crippen LogP contribution is -2.41. The van der Waals surface area contributed by atoms with Crippen molar-refractivity contribution in [2.24, 2.45) is 10.8 Å². The first-order valence-electron chi connectivity index (χ1n) is 6.17. The molecule has 0 spiro atoms. The largest absolute Gasteiger partial charge is 0.393 e. The maximum absolute atomic E-state index is 11.4. The Morgan fingerprint density at radius 3 is 1.14 bits per heavy atom. The van der Waals surface area contributed by atoms with E-state index in [1.54, 1.807) is 13.8 Å². The first-order valence-corrected chi connectivity index (χ1v) is 6.17. The standard InChI is InChI=1S/C13H16O6.3CH4/c1-12(3-8(14)18-9(15)4-12)7-13(2)5-10(16)19-11(17)6-13;;;/h3-7H2,1-2H3;3*1H4. The Morgan fingerprint density at radius 2 is 0.909 bits per heavy atom. The second kappa shape index (κ2) is 7.51. The fourth-order valence-corrected chi connectivity index (χ4v) is 3.20. The molecule has 0 saturated carbocycles. The van der Waals surface area contributed by atoms with Crippen LogP contribution in [0.3, 0.4) is 0 Å². The van der Waals surface area contributed by atoms with Crippen LogP contribution in [0.5, 0.6) is 0 Å². The maximum Gasteiger partial charge on any atom is 0.314 e. The molecular formula is C16H28O6. The lowest BCUT2D eigenvalue weighted by Gasteiger charge is -2.40. The highest BCUT2D eigenvalue weighted by Gasteiger charge is 2.46. The topological polar surface area (TPSA) is 86.7 Å². The van der Waals surface area contributed by atoms with Crippen molar-refractivity contribution in [2.45, 2.75) is 68.2 Å². The second-order valence-electron chi connectivity index (χ2n) is 6.20. The third kappa shape index (κ3) is 5.24. The molecule has 0 N–H and O–H groups in total. The highest BCUT2D eigenvalue weighted by atomic mass is 16.6. The summed E-state index contributed by atoms with van der Waals surface area (Å²) in [5.74, 6) is -2.20. The molecule has 6 heteroatoms. The predicted octanol–water partition coefficient (Wildman–Crippen LogP) is 3.02. The van der Waals surface area contributed by atoms with Crippen LogP contribution in [0.2, 0.25) is 0 Å². The van der Waals surface area contributed by atoms with Gasteiger partial charge in [0, 0.05) is 0 Å². The van der Waals surface area contributed by atoms with Gasteiger partial charge >= 0.3 is 23.9 Å². The predicted molar refractivity (Wildman–Crippen MR) is 81.7 cm³/mol. The number of carbonyl (C=O) groups is 4. The molecule has 0 unspecified atom stereocenters. The van der Waals surface area contributed by atoms with Crippen molar-refractivity contribution in [3.05, 3.63) is 0 Å². The van der Waals surface area contributed by atoms with E-state index >= 15 is 0 Å². The Hall–Kier alpha value is -1.72. The van der Waals surface area contributed by atoms with Gasteiger partial charge in [-0.15, -0.1) is 0 Å². The van der Waals surface area contributed by atoms with Crippen molar-refractivity contribution in [3.63, 3.8) is 0 Å². The van der Waals surface area contributed by atoms with Gasteiger partial charge in [0.15, 0.2) is 0 Å². The molecule has 22 heavy (non-hydrogen) atoms. The molecule has 2 rings (SSSR count). The van der Waals surface area contributed by atoms with Crippen LogP contribution in [-0.4, -0.2) is 23.9 Å². The summed E-state index contributed by atoms with van der Waals surface area (Å²) in [6.45, 7) is 3.61. The Kier molecular flexibility index (Phi) is 7.71. The Balaban J connectivity index is 0. The zero-order chi connectivity index (χ0) is 14.3. The number of cyclic esters (lactones) is 4. The molecule has 2 fully saturated rings. The van der Waals surface area contributed by atoms with Crippen molar-refractivity contribution in [1.82, 2.24) is 0 Å². The summed E-state index contributed by atoms with van der Waals surface area (Å²) in [7, 11) is 0. The first-order chi connectivity index (χ1) is 8.70. The zero-order valence-corrected chi connectivity index (χ0v) is 11.0. The first kappa shape index (κ1) is 22.6. The van der Waals surface area contributed by atoms with Crippen LogP contribution in [0.15, 0.2) is 0 Å². The van der Waals surface area contributed by atoms with Crippen LogP contribution in [-0.2, 0) is 28.7 Å². The van der Waals surface area contributed by atoms with E-state index in [-0.39, 0.29) is 48.0 Å². The van der Waals surface area contributed by atoms with Gasteiger partial charge in [-0.25, -0.2) is 0 Å². The Labute approximate surface area is 132 Å². The van der Waals surface area contributed by atoms with Gasteiger partial charge in [0.2, 0.25) is 0 Å². The van der Waals surface area contributed by atoms with Crippen LogP contribution in [0.1, 0.15) is 68.2 Å². The molecule has 2 saturated heterocycles. The minimum atomic E-state index is -0.570. The molecule has 2 heterocycles.